The minimum atomic E-state index is -0.193. The average Bonchev–Trinajstić information content (AvgIpc) is 2.49. The molecule has 122 valence electrons. The molecule has 2 N–H and O–H groups in total. The SMILES string of the molecule is Cc1cccc(NC(=O)CSc2nc(C(C)C)cc(=O)[nH]2)c1C. The molecule has 0 fully saturated rings. The second kappa shape index (κ2) is 7.46. The molecule has 6 heteroatoms. The first-order chi connectivity index (χ1) is 10.9. The number of benzene rings is 1. The van der Waals surface area contributed by atoms with E-state index in [4.69, 9.17) is 0 Å². The zero-order valence-electron chi connectivity index (χ0n) is 13.8. The minimum Gasteiger partial charge on any atom is -0.325 e. The monoisotopic (exact) mass is 331 g/mol. The Bertz CT molecular complexity index is 769. The highest BCUT2D eigenvalue weighted by atomic mass is 32.2. The number of thioether (sulfide) groups is 1. The molecule has 0 unspecified atom stereocenters. The Balaban J connectivity index is 2.02. The second-order valence-corrected chi connectivity index (χ2v) is 6.68. The van der Waals surface area contributed by atoms with Crippen LogP contribution in [0.4, 0.5) is 5.69 Å². The number of anilines is 1. The zero-order valence-corrected chi connectivity index (χ0v) is 14.6. The molecule has 0 spiro atoms. The Morgan fingerprint density at radius 3 is 2.78 bits per heavy atom. The number of nitrogens with zero attached hydrogens (tertiary/aromatic N) is 1. The van der Waals surface area contributed by atoms with Crippen LogP contribution in [0, 0.1) is 13.8 Å². The van der Waals surface area contributed by atoms with Crippen LogP contribution in [0.1, 0.15) is 36.6 Å². The summed E-state index contributed by atoms with van der Waals surface area (Å²) in [4.78, 5) is 30.8. The van der Waals surface area contributed by atoms with Crippen molar-refractivity contribution in [1.82, 2.24) is 9.97 Å². The van der Waals surface area contributed by atoms with Gasteiger partial charge in [0.25, 0.3) is 5.56 Å². The van der Waals surface area contributed by atoms with E-state index in [1.54, 1.807) is 0 Å². The van der Waals surface area contributed by atoms with Crippen molar-refractivity contribution in [2.45, 2.75) is 38.8 Å². The number of nitrogens with one attached hydrogen (secondary N) is 2. The van der Waals surface area contributed by atoms with E-state index in [1.807, 2.05) is 45.9 Å². The molecule has 1 amide bonds. The number of carbonyl (C=O) groups excluding carboxylic acids is 1. The molecule has 0 radical (unpaired) electrons. The molecule has 1 aromatic carbocycles. The number of hydrogen-bond donors (Lipinski definition) is 2. The first kappa shape index (κ1) is 17.3. The number of amides is 1. The maximum atomic E-state index is 12.1. The van der Waals surface area contributed by atoms with E-state index in [-0.39, 0.29) is 23.1 Å². The maximum Gasteiger partial charge on any atom is 0.251 e. The summed E-state index contributed by atoms with van der Waals surface area (Å²) in [6.45, 7) is 7.93. The largest absolute Gasteiger partial charge is 0.325 e. The molecule has 0 aliphatic heterocycles. The summed E-state index contributed by atoms with van der Waals surface area (Å²) in [6, 6.07) is 7.29. The van der Waals surface area contributed by atoms with Gasteiger partial charge in [0.05, 0.1) is 11.4 Å². The van der Waals surface area contributed by atoms with Gasteiger partial charge in [-0.1, -0.05) is 37.7 Å². The molecule has 0 atom stereocenters. The standard InChI is InChI=1S/C17H21N3O2S/c1-10(2)14-8-15(21)20-17(19-14)23-9-16(22)18-13-7-5-6-11(3)12(13)4/h5-8,10H,9H2,1-4H3,(H,18,22)(H,19,20,21). The Morgan fingerprint density at radius 1 is 1.35 bits per heavy atom. The number of aromatic nitrogens is 2. The van der Waals surface area contributed by atoms with Gasteiger partial charge in [0.2, 0.25) is 5.91 Å². The molecular formula is C17H21N3O2S. The highest BCUT2D eigenvalue weighted by Gasteiger charge is 2.10. The number of hydrogen-bond acceptors (Lipinski definition) is 4. The Labute approximate surface area is 139 Å². The van der Waals surface area contributed by atoms with Crippen LogP contribution in [0.15, 0.2) is 34.2 Å². The summed E-state index contributed by atoms with van der Waals surface area (Å²) >= 11 is 1.22. The Kier molecular flexibility index (Phi) is 5.60. The van der Waals surface area contributed by atoms with Gasteiger partial charge >= 0.3 is 0 Å². The van der Waals surface area contributed by atoms with Crippen LogP contribution in [0.3, 0.4) is 0 Å². The van der Waals surface area contributed by atoms with Gasteiger partial charge in [-0.15, -0.1) is 0 Å². The van der Waals surface area contributed by atoms with Crippen molar-refractivity contribution in [3.8, 4) is 0 Å². The van der Waals surface area contributed by atoms with E-state index in [0.29, 0.717) is 5.16 Å². The number of aryl methyl sites for hydroxylation is 1. The van der Waals surface area contributed by atoms with Gasteiger partial charge in [0, 0.05) is 11.8 Å². The summed E-state index contributed by atoms with van der Waals surface area (Å²) < 4.78 is 0. The fraction of sp³-hybridized carbons (Fsp3) is 0.353. The quantitative estimate of drug-likeness (QED) is 0.651. The van der Waals surface area contributed by atoms with Gasteiger partial charge in [-0.3, -0.25) is 9.59 Å². The summed E-state index contributed by atoms with van der Waals surface area (Å²) in [7, 11) is 0. The summed E-state index contributed by atoms with van der Waals surface area (Å²) in [5.74, 6) is 0.236. The lowest BCUT2D eigenvalue weighted by Gasteiger charge is -2.10. The lowest BCUT2D eigenvalue weighted by molar-refractivity contribution is -0.113. The normalized spacial score (nSPS) is 10.8. The van der Waals surface area contributed by atoms with Crippen LogP contribution >= 0.6 is 11.8 Å². The van der Waals surface area contributed by atoms with E-state index >= 15 is 0 Å². The van der Waals surface area contributed by atoms with Gasteiger partial charge in [0.1, 0.15) is 0 Å². The van der Waals surface area contributed by atoms with Crippen molar-refractivity contribution in [1.29, 1.82) is 0 Å². The highest BCUT2D eigenvalue weighted by Crippen LogP contribution is 2.19. The van der Waals surface area contributed by atoms with Crippen molar-refractivity contribution in [2.24, 2.45) is 0 Å². The topological polar surface area (TPSA) is 74.8 Å². The van der Waals surface area contributed by atoms with Crippen molar-refractivity contribution in [3.63, 3.8) is 0 Å². The molecule has 1 aromatic heterocycles. The van der Waals surface area contributed by atoms with Gasteiger partial charge in [-0.05, 0) is 37.0 Å². The molecular weight excluding hydrogens is 310 g/mol. The Hall–Kier alpha value is -2.08. The summed E-state index contributed by atoms with van der Waals surface area (Å²) in [5.41, 5.74) is 3.53. The van der Waals surface area contributed by atoms with Crippen LogP contribution in [-0.4, -0.2) is 21.6 Å². The van der Waals surface area contributed by atoms with Gasteiger partial charge in [-0.25, -0.2) is 4.98 Å². The predicted molar refractivity (Wildman–Crippen MR) is 94.2 cm³/mol. The van der Waals surface area contributed by atoms with E-state index in [0.717, 1.165) is 22.5 Å². The molecule has 1 heterocycles. The zero-order chi connectivity index (χ0) is 17.0. The van der Waals surface area contributed by atoms with Crippen LogP contribution in [0.5, 0.6) is 0 Å². The second-order valence-electron chi connectivity index (χ2n) is 5.71. The summed E-state index contributed by atoms with van der Waals surface area (Å²) in [5, 5.41) is 3.36. The van der Waals surface area contributed by atoms with Crippen LogP contribution in [0.25, 0.3) is 0 Å². The first-order valence-corrected chi connectivity index (χ1v) is 8.45. The third-order valence-electron chi connectivity index (χ3n) is 3.55. The highest BCUT2D eigenvalue weighted by molar-refractivity contribution is 7.99. The smallest absolute Gasteiger partial charge is 0.251 e. The molecule has 5 nitrogen and oxygen atoms in total. The first-order valence-electron chi connectivity index (χ1n) is 7.47. The number of aromatic amines is 1. The van der Waals surface area contributed by atoms with Crippen LogP contribution in [0.2, 0.25) is 0 Å². The molecule has 0 bridgehead atoms. The van der Waals surface area contributed by atoms with Crippen LogP contribution in [-0.2, 0) is 4.79 Å². The molecule has 2 rings (SSSR count). The van der Waals surface area contributed by atoms with E-state index in [1.165, 1.54) is 17.8 Å². The number of carbonyl (C=O) groups is 1. The lowest BCUT2D eigenvalue weighted by atomic mass is 10.1. The molecule has 23 heavy (non-hydrogen) atoms. The molecule has 2 aromatic rings. The van der Waals surface area contributed by atoms with E-state index < -0.39 is 0 Å². The van der Waals surface area contributed by atoms with Crippen molar-refractivity contribution in [3.05, 3.63) is 51.4 Å². The fourth-order valence-electron chi connectivity index (χ4n) is 2.02. The van der Waals surface area contributed by atoms with Gasteiger partial charge < -0.3 is 10.3 Å². The number of H-pyrrole nitrogens is 1. The van der Waals surface area contributed by atoms with Crippen LogP contribution < -0.4 is 10.9 Å². The summed E-state index contributed by atoms with van der Waals surface area (Å²) in [6.07, 6.45) is 0. The molecule has 0 saturated carbocycles. The Morgan fingerprint density at radius 2 is 2.09 bits per heavy atom. The van der Waals surface area contributed by atoms with E-state index in [2.05, 4.69) is 15.3 Å². The molecule has 0 saturated heterocycles. The predicted octanol–water partition coefficient (Wildman–Crippen LogP) is 3.24. The lowest BCUT2D eigenvalue weighted by Crippen LogP contribution is -2.16. The van der Waals surface area contributed by atoms with Gasteiger partial charge in [-0.2, -0.15) is 0 Å². The van der Waals surface area contributed by atoms with Crippen molar-refractivity contribution >= 4 is 23.4 Å². The third-order valence-corrected chi connectivity index (χ3v) is 4.42. The van der Waals surface area contributed by atoms with Crippen molar-refractivity contribution in [2.75, 3.05) is 11.1 Å². The fourth-order valence-corrected chi connectivity index (χ4v) is 2.71. The molecule has 0 aliphatic carbocycles. The number of rotatable bonds is 5. The minimum absolute atomic E-state index is 0.124. The van der Waals surface area contributed by atoms with E-state index in [9.17, 15) is 9.59 Å². The third kappa shape index (κ3) is 4.69. The van der Waals surface area contributed by atoms with Crippen molar-refractivity contribution < 1.29 is 4.79 Å². The van der Waals surface area contributed by atoms with Gasteiger partial charge in [0.15, 0.2) is 5.16 Å². The average molecular weight is 331 g/mol. The maximum absolute atomic E-state index is 12.1. The molecule has 0 aliphatic rings.